The summed E-state index contributed by atoms with van der Waals surface area (Å²) in [6, 6.07) is 11.1. The molecule has 0 aliphatic rings. The van der Waals surface area contributed by atoms with Gasteiger partial charge in [0.05, 0.1) is 29.8 Å². The number of hydrogen-bond donors (Lipinski definition) is 2. The molecule has 2 N–H and O–H groups in total. The maximum atomic E-state index is 12.6. The molecule has 0 saturated carbocycles. The SMILES string of the molecule is Cc1cnc(CNC(=O)c2ccc(C)c(Nc3nccc(-c4cccnc4)n3)c2)cn1. The Morgan fingerprint density at radius 2 is 1.87 bits per heavy atom. The van der Waals surface area contributed by atoms with Gasteiger partial charge in [0.1, 0.15) is 0 Å². The third-order valence-corrected chi connectivity index (χ3v) is 4.62. The van der Waals surface area contributed by atoms with Crippen molar-refractivity contribution in [3.63, 3.8) is 0 Å². The van der Waals surface area contributed by atoms with Crippen molar-refractivity contribution in [2.24, 2.45) is 0 Å². The molecule has 0 spiro atoms. The van der Waals surface area contributed by atoms with E-state index in [0.717, 1.165) is 28.2 Å². The van der Waals surface area contributed by atoms with Gasteiger partial charge in [-0.3, -0.25) is 19.7 Å². The quantitative estimate of drug-likeness (QED) is 0.499. The zero-order chi connectivity index (χ0) is 21.6. The Balaban J connectivity index is 1.49. The molecule has 1 amide bonds. The number of carbonyl (C=O) groups is 1. The normalized spacial score (nSPS) is 10.5. The number of nitrogens with zero attached hydrogens (tertiary/aromatic N) is 5. The molecule has 4 aromatic rings. The molecule has 3 aromatic heterocycles. The third kappa shape index (κ3) is 5.05. The molecule has 4 rings (SSSR count). The zero-order valence-electron chi connectivity index (χ0n) is 17.2. The van der Waals surface area contributed by atoms with Crippen molar-refractivity contribution >= 4 is 17.5 Å². The first-order chi connectivity index (χ1) is 15.1. The molecule has 0 unspecified atom stereocenters. The molecule has 31 heavy (non-hydrogen) atoms. The summed E-state index contributed by atoms with van der Waals surface area (Å²) in [7, 11) is 0. The van der Waals surface area contributed by atoms with Crippen LogP contribution in [0.1, 0.15) is 27.3 Å². The number of aromatic nitrogens is 5. The van der Waals surface area contributed by atoms with E-state index >= 15 is 0 Å². The Morgan fingerprint density at radius 1 is 0.968 bits per heavy atom. The molecule has 0 saturated heterocycles. The number of aryl methyl sites for hydroxylation is 2. The average Bonchev–Trinajstić information content (AvgIpc) is 2.81. The van der Waals surface area contributed by atoms with Crippen LogP contribution < -0.4 is 10.6 Å². The molecule has 3 heterocycles. The molecule has 0 aliphatic carbocycles. The van der Waals surface area contributed by atoms with E-state index in [1.165, 1.54) is 0 Å². The monoisotopic (exact) mass is 411 g/mol. The summed E-state index contributed by atoms with van der Waals surface area (Å²) in [6.45, 7) is 4.13. The second-order valence-electron chi connectivity index (χ2n) is 6.99. The van der Waals surface area contributed by atoms with Crippen molar-refractivity contribution in [3.8, 4) is 11.3 Å². The lowest BCUT2D eigenvalue weighted by atomic mass is 10.1. The lowest BCUT2D eigenvalue weighted by molar-refractivity contribution is 0.0950. The van der Waals surface area contributed by atoms with E-state index in [1.807, 2.05) is 38.1 Å². The summed E-state index contributed by atoms with van der Waals surface area (Å²) < 4.78 is 0. The van der Waals surface area contributed by atoms with Crippen LogP contribution in [0.3, 0.4) is 0 Å². The Hall–Kier alpha value is -4.20. The van der Waals surface area contributed by atoms with Gasteiger partial charge >= 0.3 is 0 Å². The van der Waals surface area contributed by atoms with Crippen LogP contribution in [0.25, 0.3) is 11.3 Å². The summed E-state index contributed by atoms with van der Waals surface area (Å²) in [4.78, 5) is 34.0. The Labute approximate surface area is 179 Å². The molecule has 0 atom stereocenters. The van der Waals surface area contributed by atoms with Crippen LogP contribution in [0.4, 0.5) is 11.6 Å². The van der Waals surface area contributed by atoms with E-state index in [0.29, 0.717) is 23.8 Å². The Morgan fingerprint density at radius 3 is 2.65 bits per heavy atom. The molecule has 0 fully saturated rings. The molecular weight excluding hydrogens is 390 g/mol. The second-order valence-corrected chi connectivity index (χ2v) is 6.99. The Bertz CT molecular complexity index is 1190. The predicted octanol–water partition coefficient (Wildman–Crippen LogP) is 3.62. The van der Waals surface area contributed by atoms with E-state index in [2.05, 4.69) is 35.6 Å². The number of amides is 1. The van der Waals surface area contributed by atoms with Gasteiger partial charge in [-0.15, -0.1) is 0 Å². The minimum atomic E-state index is -0.199. The molecule has 0 bridgehead atoms. The van der Waals surface area contributed by atoms with Gasteiger partial charge in [0.25, 0.3) is 5.91 Å². The number of hydrogen-bond acceptors (Lipinski definition) is 7. The molecular formula is C23H21N7O. The summed E-state index contributed by atoms with van der Waals surface area (Å²) >= 11 is 0. The van der Waals surface area contributed by atoms with Crippen LogP contribution in [0.15, 0.2) is 67.4 Å². The first-order valence-electron chi connectivity index (χ1n) is 9.75. The largest absolute Gasteiger partial charge is 0.346 e. The number of nitrogens with one attached hydrogen (secondary N) is 2. The maximum Gasteiger partial charge on any atom is 0.251 e. The minimum absolute atomic E-state index is 0.199. The van der Waals surface area contributed by atoms with Gasteiger partial charge < -0.3 is 10.6 Å². The second kappa shape index (κ2) is 9.08. The van der Waals surface area contributed by atoms with E-state index in [9.17, 15) is 4.79 Å². The molecule has 0 aliphatic heterocycles. The van der Waals surface area contributed by atoms with Gasteiger partial charge in [-0.1, -0.05) is 6.07 Å². The minimum Gasteiger partial charge on any atom is -0.346 e. The van der Waals surface area contributed by atoms with Gasteiger partial charge in [0.15, 0.2) is 0 Å². The predicted molar refractivity (Wildman–Crippen MR) is 118 cm³/mol. The summed E-state index contributed by atoms with van der Waals surface area (Å²) in [5.74, 6) is 0.243. The topological polar surface area (TPSA) is 106 Å². The average molecular weight is 411 g/mol. The van der Waals surface area contributed by atoms with Gasteiger partial charge in [-0.25, -0.2) is 9.97 Å². The fourth-order valence-electron chi connectivity index (χ4n) is 2.90. The molecule has 0 radical (unpaired) electrons. The lowest BCUT2D eigenvalue weighted by Crippen LogP contribution is -2.23. The smallest absolute Gasteiger partial charge is 0.251 e. The standard InChI is InChI=1S/C23H21N7O/c1-15-5-6-17(22(31)28-14-19-13-26-16(2)11-27-19)10-21(15)30-23-25-9-7-20(29-23)18-4-3-8-24-12-18/h3-13H,14H2,1-2H3,(H,28,31)(H,25,29,30). The van der Waals surface area contributed by atoms with Crippen LogP contribution in [0.5, 0.6) is 0 Å². The highest BCUT2D eigenvalue weighted by Gasteiger charge is 2.10. The Kier molecular flexibility index (Phi) is 5.89. The fourth-order valence-corrected chi connectivity index (χ4v) is 2.90. The van der Waals surface area contributed by atoms with Crippen molar-refractivity contribution in [3.05, 3.63) is 89.9 Å². The van der Waals surface area contributed by atoms with Gasteiger partial charge in [-0.05, 0) is 49.7 Å². The highest BCUT2D eigenvalue weighted by atomic mass is 16.1. The van der Waals surface area contributed by atoms with Crippen molar-refractivity contribution < 1.29 is 4.79 Å². The molecule has 8 nitrogen and oxygen atoms in total. The van der Waals surface area contributed by atoms with Gasteiger partial charge in [-0.2, -0.15) is 0 Å². The zero-order valence-corrected chi connectivity index (χ0v) is 17.2. The van der Waals surface area contributed by atoms with Crippen LogP contribution in [-0.2, 0) is 6.54 Å². The summed E-state index contributed by atoms with van der Waals surface area (Å²) in [6.07, 6.45) is 8.49. The number of anilines is 2. The van der Waals surface area contributed by atoms with Crippen LogP contribution in [0, 0.1) is 13.8 Å². The van der Waals surface area contributed by atoms with Crippen molar-refractivity contribution in [2.45, 2.75) is 20.4 Å². The summed E-state index contributed by atoms with van der Waals surface area (Å²) in [5, 5.41) is 6.08. The van der Waals surface area contributed by atoms with Gasteiger partial charge in [0.2, 0.25) is 5.95 Å². The van der Waals surface area contributed by atoms with Crippen LogP contribution in [-0.4, -0.2) is 30.8 Å². The maximum absolute atomic E-state index is 12.6. The molecule has 154 valence electrons. The highest BCUT2D eigenvalue weighted by molar-refractivity contribution is 5.95. The van der Waals surface area contributed by atoms with Gasteiger partial charge in [0, 0.05) is 41.6 Å². The van der Waals surface area contributed by atoms with E-state index < -0.39 is 0 Å². The number of rotatable bonds is 6. The lowest BCUT2D eigenvalue weighted by Gasteiger charge is -2.11. The third-order valence-electron chi connectivity index (χ3n) is 4.62. The van der Waals surface area contributed by atoms with Crippen molar-refractivity contribution in [2.75, 3.05) is 5.32 Å². The highest BCUT2D eigenvalue weighted by Crippen LogP contribution is 2.22. The van der Waals surface area contributed by atoms with Crippen molar-refractivity contribution in [1.29, 1.82) is 0 Å². The number of benzene rings is 1. The molecule has 8 heteroatoms. The van der Waals surface area contributed by atoms with Crippen LogP contribution in [0.2, 0.25) is 0 Å². The number of pyridine rings is 1. The van der Waals surface area contributed by atoms with E-state index in [4.69, 9.17) is 0 Å². The van der Waals surface area contributed by atoms with Crippen LogP contribution >= 0.6 is 0 Å². The number of carbonyl (C=O) groups excluding carboxylic acids is 1. The summed E-state index contributed by atoms with van der Waals surface area (Å²) in [5.41, 5.74) is 5.44. The van der Waals surface area contributed by atoms with Crippen molar-refractivity contribution in [1.82, 2.24) is 30.2 Å². The molecule has 1 aromatic carbocycles. The van der Waals surface area contributed by atoms with E-state index in [-0.39, 0.29) is 5.91 Å². The van der Waals surface area contributed by atoms with E-state index in [1.54, 1.807) is 43.1 Å². The first-order valence-corrected chi connectivity index (χ1v) is 9.75. The first kappa shape index (κ1) is 20.1. The fraction of sp³-hybridized carbons (Fsp3) is 0.130.